The van der Waals surface area contributed by atoms with Crippen molar-refractivity contribution in [1.29, 1.82) is 0 Å². The van der Waals surface area contributed by atoms with Gasteiger partial charge < -0.3 is 4.74 Å². The van der Waals surface area contributed by atoms with E-state index in [9.17, 15) is 0 Å². The Morgan fingerprint density at radius 3 is 2.44 bits per heavy atom. The van der Waals surface area contributed by atoms with Crippen LogP contribution < -0.4 is 0 Å². The first-order chi connectivity index (χ1) is 4.10. The van der Waals surface area contributed by atoms with Crippen LogP contribution in [-0.4, -0.2) is 12.7 Å². The van der Waals surface area contributed by atoms with Gasteiger partial charge in [0.2, 0.25) is 0 Å². The molecule has 9 heavy (non-hydrogen) atoms. The fraction of sp³-hybridized carbons (Fsp3) is 1.00. The van der Waals surface area contributed by atoms with Crippen molar-refractivity contribution >= 4 is 0 Å². The van der Waals surface area contributed by atoms with Gasteiger partial charge in [-0.1, -0.05) is 13.8 Å². The number of rotatable bonds is 0. The van der Waals surface area contributed by atoms with Crippen molar-refractivity contribution in [2.75, 3.05) is 6.61 Å². The zero-order valence-electron chi connectivity index (χ0n) is 6.61. The molecule has 0 aromatic heterocycles. The van der Waals surface area contributed by atoms with E-state index < -0.39 is 0 Å². The van der Waals surface area contributed by atoms with Gasteiger partial charge in [-0.2, -0.15) is 0 Å². The van der Waals surface area contributed by atoms with E-state index in [4.69, 9.17) is 4.74 Å². The van der Waals surface area contributed by atoms with Crippen molar-refractivity contribution in [3.63, 3.8) is 0 Å². The summed E-state index contributed by atoms with van der Waals surface area (Å²) in [6.07, 6.45) is 3.04. The van der Waals surface area contributed by atoms with Gasteiger partial charge in [0.05, 0.1) is 12.7 Å². The molecule has 1 rings (SSSR count). The van der Waals surface area contributed by atoms with Crippen LogP contribution in [-0.2, 0) is 4.74 Å². The van der Waals surface area contributed by atoms with E-state index in [0.717, 1.165) is 6.61 Å². The maximum atomic E-state index is 5.49. The Morgan fingerprint density at radius 1 is 1.44 bits per heavy atom. The molecule has 0 spiro atoms. The molecule has 54 valence electrons. The molecule has 0 bridgehead atoms. The molecule has 1 atom stereocenters. The molecule has 1 heterocycles. The van der Waals surface area contributed by atoms with E-state index in [1.807, 2.05) is 0 Å². The van der Waals surface area contributed by atoms with Gasteiger partial charge in [0.15, 0.2) is 0 Å². The number of hydrogen-bond donors (Lipinski definition) is 0. The summed E-state index contributed by atoms with van der Waals surface area (Å²) in [6, 6.07) is 0. The minimum Gasteiger partial charge on any atom is -0.378 e. The molecule has 0 N–H and O–H groups in total. The molecule has 1 nitrogen and oxygen atoms in total. The lowest BCUT2D eigenvalue weighted by atomic mass is 9.86. The van der Waals surface area contributed by atoms with Gasteiger partial charge in [0, 0.05) is 0 Å². The first-order valence-corrected chi connectivity index (χ1v) is 3.72. The maximum Gasteiger partial charge on any atom is 0.0547 e. The minimum absolute atomic E-state index is 0.437. The van der Waals surface area contributed by atoms with E-state index in [1.165, 1.54) is 12.8 Å². The quantitative estimate of drug-likeness (QED) is 0.486. The van der Waals surface area contributed by atoms with E-state index in [1.54, 1.807) is 0 Å². The van der Waals surface area contributed by atoms with Crippen LogP contribution in [0.25, 0.3) is 0 Å². The van der Waals surface area contributed by atoms with Crippen LogP contribution >= 0.6 is 0 Å². The summed E-state index contributed by atoms with van der Waals surface area (Å²) in [5, 5.41) is 0. The van der Waals surface area contributed by atoms with E-state index >= 15 is 0 Å². The summed E-state index contributed by atoms with van der Waals surface area (Å²) in [7, 11) is 0. The van der Waals surface area contributed by atoms with Crippen LogP contribution in [0.1, 0.15) is 33.6 Å². The third kappa shape index (κ3) is 1.98. The topological polar surface area (TPSA) is 9.23 Å². The van der Waals surface area contributed by atoms with Crippen LogP contribution in [0, 0.1) is 5.41 Å². The zero-order chi connectivity index (χ0) is 6.91. The molecule has 1 saturated heterocycles. The van der Waals surface area contributed by atoms with Gasteiger partial charge in [0.1, 0.15) is 0 Å². The van der Waals surface area contributed by atoms with Gasteiger partial charge in [0.25, 0.3) is 0 Å². The first-order valence-electron chi connectivity index (χ1n) is 3.72. The summed E-state index contributed by atoms with van der Waals surface area (Å²) in [4.78, 5) is 0. The highest BCUT2D eigenvalue weighted by atomic mass is 16.5. The largest absolute Gasteiger partial charge is 0.378 e. The third-order valence-corrected chi connectivity index (χ3v) is 1.99. The van der Waals surface area contributed by atoms with Crippen molar-refractivity contribution in [3.8, 4) is 0 Å². The number of hydrogen-bond acceptors (Lipinski definition) is 1. The maximum absolute atomic E-state index is 5.49. The Hall–Kier alpha value is -0.0400. The van der Waals surface area contributed by atoms with Gasteiger partial charge in [-0.3, -0.25) is 0 Å². The van der Waals surface area contributed by atoms with E-state index in [2.05, 4.69) is 20.8 Å². The lowest BCUT2D eigenvalue weighted by molar-refractivity contribution is -0.0387. The average molecular weight is 128 g/mol. The molecule has 0 aromatic carbocycles. The van der Waals surface area contributed by atoms with Crippen molar-refractivity contribution < 1.29 is 4.74 Å². The monoisotopic (exact) mass is 128 g/mol. The lowest BCUT2D eigenvalue weighted by Crippen LogP contribution is -2.29. The molecule has 1 aliphatic rings. The molecule has 0 amide bonds. The molecule has 0 unspecified atom stereocenters. The predicted octanol–water partition coefficient (Wildman–Crippen LogP) is 2.21. The van der Waals surface area contributed by atoms with E-state index in [-0.39, 0.29) is 0 Å². The summed E-state index contributed by atoms with van der Waals surface area (Å²) in [6.45, 7) is 7.61. The Kier molecular flexibility index (Phi) is 1.80. The Bertz CT molecular complexity index is 86.7. The molecule has 0 radical (unpaired) electrons. The highest BCUT2D eigenvalue weighted by molar-refractivity contribution is 4.74. The Labute approximate surface area is 57.4 Å². The van der Waals surface area contributed by atoms with Gasteiger partial charge in [-0.05, 0) is 25.2 Å². The summed E-state index contributed by atoms with van der Waals surface area (Å²) >= 11 is 0. The van der Waals surface area contributed by atoms with Crippen molar-refractivity contribution in [2.24, 2.45) is 5.41 Å². The summed E-state index contributed by atoms with van der Waals surface area (Å²) in [5.41, 5.74) is 0.437. The van der Waals surface area contributed by atoms with Crippen LogP contribution in [0.4, 0.5) is 0 Å². The zero-order valence-corrected chi connectivity index (χ0v) is 6.61. The van der Waals surface area contributed by atoms with Gasteiger partial charge >= 0.3 is 0 Å². The highest BCUT2D eigenvalue weighted by Crippen LogP contribution is 2.29. The van der Waals surface area contributed by atoms with Crippen molar-refractivity contribution in [1.82, 2.24) is 0 Å². The standard InChI is InChI=1S/C8H16O/c1-7-4-5-8(2,3)6-9-7/h7H,4-6H2,1-3H3/t7-/m1/s1. The Balaban J connectivity index is 2.35. The van der Waals surface area contributed by atoms with E-state index in [0.29, 0.717) is 11.5 Å². The second-order valence-electron chi connectivity index (χ2n) is 3.82. The van der Waals surface area contributed by atoms with Crippen LogP contribution in [0.2, 0.25) is 0 Å². The molecule has 0 aliphatic carbocycles. The molecule has 1 aliphatic heterocycles. The van der Waals surface area contributed by atoms with Crippen LogP contribution in [0.15, 0.2) is 0 Å². The average Bonchev–Trinajstić information content (AvgIpc) is 1.78. The Morgan fingerprint density at radius 2 is 2.11 bits per heavy atom. The highest BCUT2D eigenvalue weighted by Gasteiger charge is 2.24. The molecule has 1 heteroatoms. The summed E-state index contributed by atoms with van der Waals surface area (Å²) in [5.74, 6) is 0. The second-order valence-corrected chi connectivity index (χ2v) is 3.82. The molecule has 0 aromatic rings. The predicted molar refractivity (Wildman–Crippen MR) is 38.4 cm³/mol. The first kappa shape index (κ1) is 7.07. The third-order valence-electron chi connectivity index (χ3n) is 1.99. The lowest BCUT2D eigenvalue weighted by Gasteiger charge is -2.32. The van der Waals surface area contributed by atoms with Crippen LogP contribution in [0.5, 0.6) is 0 Å². The fourth-order valence-electron chi connectivity index (χ4n) is 1.12. The molecule has 0 saturated carbocycles. The smallest absolute Gasteiger partial charge is 0.0547 e. The molecular weight excluding hydrogens is 112 g/mol. The second kappa shape index (κ2) is 2.30. The molecular formula is C8H16O. The van der Waals surface area contributed by atoms with Gasteiger partial charge in [-0.25, -0.2) is 0 Å². The van der Waals surface area contributed by atoms with Crippen molar-refractivity contribution in [2.45, 2.75) is 39.7 Å². The van der Waals surface area contributed by atoms with Crippen LogP contribution in [0.3, 0.4) is 0 Å². The minimum atomic E-state index is 0.437. The van der Waals surface area contributed by atoms with Crippen molar-refractivity contribution in [3.05, 3.63) is 0 Å². The SMILES string of the molecule is C[C@@H]1CCC(C)(C)CO1. The normalized spacial score (nSPS) is 34.3. The summed E-state index contributed by atoms with van der Waals surface area (Å²) < 4.78 is 5.49. The fourth-order valence-corrected chi connectivity index (χ4v) is 1.12. The molecule has 1 fully saturated rings. The number of ether oxygens (including phenoxy) is 1. The van der Waals surface area contributed by atoms with Gasteiger partial charge in [-0.15, -0.1) is 0 Å².